The van der Waals surface area contributed by atoms with Crippen LogP contribution in [0.5, 0.6) is 0 Å². The first-order valence-electron chi connectivity index (χ1n) is 7.88. The molecule has 8 nitrogen and oxygen atoms in total. The molecule has 3 amide bonds. The Kier molecular flexibility index (Phi) is 4.58. The molecule has 1 N–H and O–H groups in total. The first kappa shape index (κ1) is 17.6. The van der Waals surface area contributed by atoms with E-state index in [0.29, 0.717) is 11.6 Å². The molecule has 0 radical (unpaired) electrons. The second-order valence-electron chi connectivity index (χ2n) is 5.64. The number of hydrogen-bond acceptors (Lipinski definition) is 7. The summed E-state index contributed by atoms with van der Waals surface area (Å²) in [7, 11) is 0. The summed E-state index contributed by atoms with van der Waals surface area (Å²) < 4.78 is 6.38. The second kappa shape index (κ2) is 7.05. The topological polar surface area (TPSA) is 105 Å². The predicted octanol–water partition coefficient (Wildman–Crippen LogP) is 3.47. The zero-order valence-corrected chi connectivity index (χ0v) is 16.0. The van der Waals surface area contributed by atoms with Crippen molar-refractivity contribution in [2.75, 3.05) is 10.2 Å². The Morgan fingerprint density at radius 2 is 1.93 bits per heavy atom. The number of nitrogens with zero attached hydrogens (tertiary/aromatic N) is 3. The van der Waals surface area contributed by atoms with Crippen molar-refractivity contribution in [3.63, 3.8) is 0 Å². The number of rotatable bonds is 4. The molecule has 3 heterocycles. The summed E-state index contributed by atoms with van der Waals surface area (Å²) in [4.78, 5) is 38.1. The molecule has 1 aliphatic heterocycles. The first-order valence-corrected chi connectivity index (χ1v) is 9.48. The van der Waals surface area contributed by atoms with Gasteiger partial charge in [-0.2, -0.15) is 0 Å². The molecule has 0 unspecified atom stereocenters. The molecular weight excluding hydrogens is 436 g/mol. The Bertz CT molecular complexity index is 1040. The molecule has 27 heavy (non-hydrogen) atoms. The Hall–Kier alpha value is -2.85. The normalized spacial score (nSPS) is 14.0. The highest BCUT2D eigenvalue weighted by atomic mass is 79.9. The smallest absolute Gasteiger partial charge is 0.322 e. The maximum atomic E-state index is 12.5. The molecule has 0 aliphatic carbocycles. The van der Waals surface area contributed by atoms with Gasteiger partial charge < -0.3 is 4.42 Å². The highest BCUT2D eigenvalue weighted by Gasteiger charge is 2.30. The number of benzene rings is 1. The maximum Gasteiger partial charge on any atom is 0.322 e. The van der Waals surface area contributed by atoms with Gasteiger partial charge in [0.15, 0.2) is 0 Å². The predicted molar refractivity (Wildman–Crippen MR) is 101 cm³/mol. The number of halogens is 1. The van der Waals surface area contributed by atoms with Crippen LogP contribution in [0.25, 0.3) is 10.8 Å². The summed E-state index contributed by atoms with van der Waals surface area (Å²) in [6, 6.07) is 9.89. The van der Waals surface area contributed by atoms with Crippen LogP contribution in [0.1, 0.15) is 23.2 Å². The van der Waals surface area contributed by atoms with Crippen LogP contribution in [-0.2, 0) is 9.59 Å². The van der Waals surface area contributed by atoms with E-state index in [1.165, 1.54) is 17.4 Å². The second-order valence-corrected chi connectivity index (χ2v) is 8.11. The van der Waals surface area contributed by atoms with Crippen molar-refractivity contribution in [2.45, 2.75) is 12.8 Å². The Labute approximate surface area is 165 Å². The van der Waals surface area contributed by atoms with Crippen LogP contribution >= 0.6 is 27.3 Å². The number of aromatic nitrogens is 2. The van der Waals surface area contributed by atoms with Crippen molar-refractivity contribution in [2.24, 2.45) is 0 Å². The summed E-state index contributed by atoms with van der Waals surface area (Å²) in [6.07, 6.45) is 0.359. The van der Waals surface area contributed by atoms with Gasteiger partial charge in [-0.05, 0) is 46.3 Å². The van der Waals surface area contributed by atoms with Gasteiger partial charge in [-0.15, -0.1) is 16.4 Å². The summed E-state index contributed by atoms with van der Waals surface area (Å²) in [5.41, 5.74) is 0.628. The summed E-state index contributed by atoms with van der Waals surface area (Å²) >= 11 is 4.78. The van der Waals surface area contributed by atoms with Crippen LogP contribution in [0.15, 0.2) is 44.6 Å². The third-order valence-corrected chi connectivity index (χ3v) is 5.46. The summed E-state index contributed by atoms with van der Waals surface area (Å²) in [6.45, 7) is 0. The molecule has 0 saturated carbocycles. The fourth-order valence-corrected chi connectivity index (χ4v) is 3.93. The minimum atomic E-state index is -0.487. The molecule has 10 heteroatoms. The molecule has 3 aromatic rings. The number of thiophene rings is 1. The number of nitrogens with one attached hydrogen (secondary N) is 1. The SMILES string of the molecule is O=C(Nc1nnc(-c2ccc(Br)s2)o1)c1cccc(N2C(=O)CCC2=O)c1. The van der Waals surface area contributed by atoms with Crippen molar-refractivity contribution in [1.29, 1.82) is 0 Å². The van der Waals surface area contributed by atoms with Crippen LogP contribution in [0.2, 0.25) is 0 Å². The van der Waals surface area contributed by atoms with Gasteiger partial charge in [-0.1, -0.05) is 11.2 Å². The number of carbonyl (C=O) groups excluding carboxylic acids is 3. The van der Waals surface area contributed by atoms with E-state index in [1.807, 2.05) is 12.1 Å². The van der Waals surface area contributed by atoms with Crippen LogP contribution in [0.4, 0.5) is 11.7 Å². The number of amides is 3. The molecule has 1 saturated heterocycles. The van der Waals surface area contributed by atoms with Crippen molar-refractivity contribution < 1.29 is 18.8 Å². The Morgan fingerprint density at radius 1 is 1.15 bits per heavy atom. The van der Waals surface area contributed by atoms with Gasteiger partial charge in [0.1, 0.15) is 0 Å². The quantitative estimate of drug-likeness (QED) is 0.615. The zero-order chi connectivity index (χ0) is 19.0. The average molecular weight is 447 g/mol. The van der Waals surface area contributed by atoms with Crippen molar-refractivity contribution in [3.8, 4) is 10.8 Å². The lowest BCUT2D eigenvalue weighted by Crippen LogP contribution is -2.28. The van der Waals surface area contributed by atoms with E-state index < -0.39 is 5.91 Å². The average Bonchev–Trinajstić information content (AvgIpc) is 3.36. The number of carbonyl (C=O) groups is 3. The standard InChI is InChI=1S/C17H11BrN4O4S/c18-12-5-4-11(27-12)16-20-21-17(26-16)19-15(25)9-2-1-3-10(8-9)22-13(23)6-7-14(22)24/h1-5,8H,6-7H2,(H,19,21,25). The van der Waals surface area contributed by atoms with E-state index in [-0.39, 0.29) is 36.2 Å². The van der Waals surface area contributed by atoms with E-state index in [1.54, 1.807) is 18.2 Å². The van der Waals surface area contributed by atoms with Crippen LogP contribution < -0.4 is 10.2 Å². The zero-order valence-electron chi connectivity index (χ0n) is 13.6. The molecule has 0 atom stereocenters. The molecule has 2 aromatic heterocycles. The molecule has 1 aromatic carbocycles. The third-order valence-electron chi connectivity index (χ3n) is 3.85. The van der Waals surface area contributed by atoms with E-state index in [2.05, 4.69) is 31.4 Å². The molecule has 4 rings (SSSR count). The van der Waals surface area contributed by atoms with E-state index in [0.717, 1.165) is 13.6 Å². The van der Waals surface area contributed by atoms with Crippen LogP contribution in [0.3, 0.4) is 0 Å². The molecule has 0 spiro atoms. The summed E-state index contributed by atoms with van der Waals surface area (Å²) in [5.74, 6) is -0.746. The highest BCUT2D eigenvalue weighted by molar-refractivity contribution is 9.11. The lowest BCUT2D eigenvalue weighted by molar-refractivity contribution is -0.121. The lowest BCUT2D eigenvalue weighted by Gasteiger charge is -2.14. The van der Waals surface area contributed by atoms with E-state index >= 15 is 0 Å². The van der Waals surface area contributed by atoms with Gasteiger partial charge in [0, 0.05) is 18.4 Å². The van der Waals surface area contributed by atoms with Crippen LogP contribution in [0, 0.1) is 0 Å². The summed E-state index contributed by atoms with van der Waals surface area (Å²) in [5, 5.41) is 10.2. The van der Waals surface area contributed by atoms with Gasteiger partial charge in [-0.3, -0.25) is 24.6 Å². The van der Waals surface area contributed by atoms with Gasteiger partial charge in [-0.25, -0.2) is 0 Å². The Morgan fingerprint density at radius 3 is 2.63 bits per heavy atom. The number of imide groups is 1. The Balaban J connectivity index is 1.52. The van der Waals surface area contributed by atoms with Gasteiger partial charge in [0.05, 0.1) is 14.4 Å². The molecule has 136 valence electrons. The molecule has 1 aliphatic rings. The fourth-order valence-electron chi connectivity index (χ4n) is 2.62. The minimum absolute atomic E-state index is 0.0433. The van der Waals surface area contributed by atoms with Crippen molar-refractivity contribution >= 4 is 56.7 Å². The highest BCUT2D eigenvalue weighted by Crippen LogP contribution is 2.31. The molecule has 0 bridgehead atoms. The van der Waals surface area contributed by atoms with Gasteiger partial charge in [0.25, 0.3) is 11.8 Å². The monoisotopic (exact) mass is 446 g/mol. The maximum absolute atomic E-state index is 12.5. The lowest BCUT2D eigenvalue weighted by atomic mass is 10.2. The number of hydrogen-bond donors (Lipinski definition) is 1. The van der Waals surface area contributed by atoms with Gasteiger partial charge in [0.2, 0.25) is 11.8 Å². The van der Waals surface area contributed by atoms with E-state index in [9.17, 15) is 14.4 Å². The first-order chi connectivity index (χ1) is 13.0. The minimum Gasteiger partial charge on any atom is -0.402 e. The number of anilines is 2. The fraction of sp³-hybridized carbons (Fsp3) is 0.118. The van der Waals surface area contributed by atoms with Crippen molar-refractivity contribution in [3.05, 3.63) is 45.7 Å². The van der Waals surface area contributed by atoms with E-state index in [4.69, 9.17) is 4.42 Å². The van der Waals surface area contributed by atoms with Crippen molar-refractivity contribution in [1.82, 2.24) is 10.2 Å². The largest absolute Gasteiger partial charge is 0.402 e. The van der Waals surface area contributed by atoms with Crippen LogP contribution in [-0.4, -0.2) is 27.9 Å². The third kappa shape index (κ3) is 3.53. The molecule has 1 fully saturated rings. The molecular formula is C17H11BrN4O4S. The van der Waals surface area contributed by atoms with Gasteiger partial charge >= 0.3 is 6.01 Å².